The number of benzene rings is 2. The van der Waals surface area contributed by atoms with Gasteiger partial charge in [0.05, 0.1) is 5.56 Å². The molecule has 3 aromatic rings. The predicted molar refractivity (Wildman–Crippen MR) is 99.6 cm³/mol. The fourth-order valence-electron chi connectivity index (χ4n) is 3.28. The van der Waals surface area contributed by atoms with Crippen molar-refractivity contribution in [1.82, 2.24) is 4.98 Å². The molecule has 1 saturated carbocycles. The molecule has 4 heteroatoms. The van der Waals surface area contributed by atoms with E-state index in [1.165, 1.54) is 32.1 Å². The fourth-order valence-corrected chi connectivity index (χ4v) is 4.26. The summed E-state index contributed by atoms with van der Waals surface area (Å²) in [5, 5.41) is 4.69. The van der Waals surface area contributed by atoms with E-state index >= 15 is 0 Å². The monoisotopic (exact) mass is 336 g/mol. The summed E-state index contributed by atoms with van der Waals surface area (Å²) in [6, 6.07) is 21.5. The smallest absolute Gasteiger partial charge is 0.335 e. The maximum atomic E-state index is 4.92. The predicted octanol–water partition coefficient (Wildman–Crippen LogP) is 4.83. The van der Waals surface area contributed by atoms with Gasteiger partial charge in [0.15, 0.2) is 0 Å². The van der Waals surface area contributed by atoms with E-state index in [1.54, 1.807) is 11.5 Å². The van der Waals surface area contributed by atoms with Crippen molar-refractivity contribution in [3.63, 3.8) is 0 Å². The molecule has 1 fully saturated rings. The van der Waals surface area contributed by atoms with Gasteiger partial charge in [0.25, 0.3) is 0 Å². The molecule has 0 bridgehead atoms. The quantitative estimate of drug-likeness (QED) is 0.691. The molecule has 122 valence electrons. The molecule has 0 radical (unpaired) electrons. The SMILES string of the molecule is c1ccc(-c2nc(NC3CCCCC3)s[n+]2-c2ccccc2)cc1. The molecule has 0 spiro atoms. The molecule has 2 aromatic carbocycles. The zero-order valence-electron chi connectivity index (χ0n) is 13.7. The lowest BCUT2D eigenvalue weighted by atomic mass is 9.96. The van der Waals surface area contributed by atoms with Crippen LogP contribution in [-0.4, -0.2) is 11.0 Å². The number of nitrogens with one attached hydrogen (secondary N) is 1. The molecule has 4 rings (SSSR count). The summed E-state index contributed by atoms with van der Waals surface area (Å²) >= 11 is 1.70. The number of aromatic nitrogens is 2. The van der Waals surface area contributed by atoms with Crippen LogP contribution in [0.2, 0.25) is 0 Å². The lowest BCUT2D eigenvalue weighted by molar-refractivity contribution is -0.509. The van der Waals surface area contributed by atoms with Crippen LogP contribution in [0.1, 0.15) is 32.1 Å². The summed E-state index contributed by atoms with van der Waals surface area (Å²) < 4.78 is 2.22. The number of para-hydroxylation sites is 1. The van der Waals surface area contributed by atoms with E-state index < -0.39 is 0 Å². The normalized spacial score (nSPS) is 15.3. The Labute approximate surface area is 147 Å². The van der Waals surface area contributed by atoms with Gasteiger partial charge in [0.2, 0.25) is 0 Å². The van der Waals surface area contributed by atoms with Crippen LogP contribution in [0.25, 0.3) is 17.1 Å². The minimum Gasteiger partial charge on any atom is -0.335 e. The summed E-state index contributed by atoms with van der Waals surface area (Å²) in [7, 11) is 0. The molecule has 1 aromatic heterocycles. The molecule has 0 amide bonds. The van der Waals surface area contributed by atoms with Crippen molar-refractivity contribution in [2.24, 2.45) is 0 Å². The van der Waals surface area contributed by atoms with E-state index in [0.717, 1.165) is 22.2 Å². The van der Waals surface area contributed by atoms with Crippen molar-refractivity contribution >= 4 is 16.7 Å². The standard InChI is InChI=1S/C20H21N3S/c1-4-10-16(11-5-1)19-22-20(21-17-12-6-2-7-13-17)24-23(19)18-14-8-3-9-15-18/h1,3-5,8-11,14-15,17H,2,6-7,12-13H2/p+1. The van der Waals surface area contributed by atoms with Crippen molar-refractivity contribution in [2.45, 2.75) is 38.1 Å². The van der Waals surface area contributed by atoms with Crippen molar-refractivity contribution in [3.8, 4) is 17.1 Å². The van der Waals surface area contributed by atoms with E-state index in [-0.39, 0.29) is 0 Å². The molecule has 0 atom stereocenters. The fraction of sp³-hybridized carbons (Fsp3) is 0.300. The highest BCUT2D eigenvalue weighted by molar-refractivity contribution is 7.06. The van der Waals surface area contributed by atoms with Crippen LogP contribution in [-0.2, 0) is 0 Å². The van der Waals surface area contributed by atoms with Gasteiger partial charge in [-0.3, -0.25) is 0 Å². The van der Waals surface area contributed by atoms with E-state index in [2.05, 4.69) is 63.9 Å². The van der Waals surface area contributed by atoms with Crippen LogP contribution in [0.4, 0.5) is 5.13 Å². The summed E-state index contributed by atoms with van der Waals surface area (Å²) in [4.78, 5) is 4.92. The first-order valence-electron chi connectivity index (χ1n) is 8.71. The Morgan fingerprint density at radius 1 is 0.875 bits per heavy atom. The number of hydrogen-bond donors (Lipinski definition) is 1. The van der Waals surface area contributed by atoms with Crippen LogP contribution < -0.4 is 9.27 Å². The summed E-state index contributed by atoms with van der Waals surface area (Å²) in [5.41, 5.74) is 2.31. The van der Waals surface area contributed by atoms with E-state index in [4.69, 9.17) is 4.98 Å². The Kier molecular flexibility index (Phi) is 4.56. The zero-order valence-corrected chi connectivity index (χ0v) is 14.5. The molecule has 0 aliphatic heterocycles. The van der Waals surface area contributed by atoms with Gasteiger partial charge < -0.3 is 5.32 Å². The third-order valence-corrected chi connectivity index (χ3v) is 5.48. The Balaban J connectivity index is 1.70. The lowest BCUT2D eigenvalue weighted by Gasteiger charge is -2.20. The number of rotatable bonds is 4. The third kappa shape index (κ3) is 3.34. The Hall–Kier alpha value is -2.20. The highest BCUT2D eigenvalue weighted by Gasteiger charge is 2.26. The second-order valence-electron chi connectivity index (χ2n) is 6.31. The van der Waals surface area contributed by atoms with Crippen molar-refractivity contribution in [2.75, 3.05) is 5.32 Å². The zero-order chi connectivity index (χ0) is 16.2. The maximum Gasteiger partial charge on any atom is 0.350 e. The van der Waals surface area contributed by atoms with E-state index in [9.17, 15) is 0 Å². The van der Waals surface area contributed by atoms with Gasteiger partial charge in [-0.25, -0.2) is 0 Å². The summed E-state index contributed by atoms with van der Waals surface area (Å²) in [6.45, 7) is 0. The molecule has 24 heavy (non-hydrogen) atoms. The molecule has 1 aliphatic carbocycles. The second-order valence-corrected chi connectivity index (χ2v) is 7.24. The summed E-state index contributed by atoms with van der Waals surface area (Å²) in [6.07, 6.45) is 6.53. The van der Waals surface area contributed by atoms with Gasteiger partial charge in [0, 0.05) is 6.04 Å². The topological polar surface area (TPSA) is 28.8 Å². The van der Waals surface area contributed by atoms with Gasteiger partial charge in [-0.05, 0) is 42.1 Å². The minimum atomic E-state index is 0.567. The Bertz CT molecular complexity index is 720. The molecule has 3 nitrogen and oxygen atoms in total. The van der Waals surface area contributed by atoms with Crippen molar-refractivity contribution in [3.05, 3.63) is 60.7 Å². The molecular weight excluding hydrogens is 314 g/mol. The minimum absolute atomic E-state index is 0.567. The van der Waals surface area contributed by atoms with Crippen LogP contribution in [0.3, 0.4) is 0 Å². The number of hydrogen-bond acceptors (Lipinski definition) is 3. The number of nitrogens with zero attached hydrogens (tertiary/aromatic N) is 2. The number of anilines is 1. The maximum absolute atomic E-state index is 4.92. The largest absolute Gasteiger partial charge is 0.350 e. The molecule has 0 saturated heterocycles. The Morgan fingerprint density at radius 2 is 1.54 bits per heavy atom. The van der Waals surface area contributed by atoms with Crippen LogP contribution in [0.5, 0.6) is 0 Å². The van der Waals surface area contributed by atoms with Gasteiger partial charge in [-0.15, -0.1) is 3.96 Å². The van der Waals surface area contributed by atoms with E-state index in [1.807, 2.05) is 6.07 Å². The molecule has 0 unspecified atom stereocenters. The third-order valence-electron chi connectivity index (χ3n) is 4.53. The highest BCUT2D eigenvalue weighted by atomic mass is 32.1. The van der Waals surface area contributed by atoms with Crippen LogP contribution >= 0.6 is 11.5 Å². The molecule has 1 N–H and O–H groups in total. The van der Waals surface area contributed by atoms with Crippen LogP contribution in [0.15, 0.2) is 60.7 Å². The van der Waals surface area contributed by atoms with Gasteiger partial charge >= 0.3 is 11.0 Å². The van der Waals surface area contributed by atoms with Gasteiger partial charge in [0.1, 0.15) is 17.2 Å². The second kappa shape index (κ2) is 7.14. The average Bonchev–Trinajstić information content (AvgIpc) is 3.08. The first-order chi connectivity index (χ1) is 11.9. The van der Waals surface area contributed by atoms with Gasteiger partial charge in [-0.1, -0.05) is 55.7 Å². The van der Waals surface area contributed by atoms with Crippen LogP contribution in [0, 0.1) is 0 Å². The highest BCUT2D eigenvalue weighted by Crippen LogP contribution is 2.25. The molecular formula is C20H22N3S+. The van der Waals surface area contributed by atoms with Gasteiger partial charge in [-0.2, -0.15) is 0 Å². The first kappa shape index (κ1) is 15.3. The lowest BCUT2D eigenvalue weighted by Crippen LogP contribution is -2.27. The average molecular weight is 336 g/mol. The molecule has 1 heterocycles. The molecule has 1 aliphatic rings. The first-order valence-corrected chi connectivity index (χ1v) is 9.48. The van der Waals surface area contributed by atoms with Crippen molar-refractivity contribution in [1.29, 1.82) is 0 Å². The van der Waals surface area contributed by atoms with Crippen molar-refractivity contribution < 1.29 is 3.96 Å². The van der Waals surface area contributed by atoms with E-state index in [0.29, 0.717) is 6.04 Å². The Morgan fingerprint density at radius 3 is 2.25 bits per heavy atom. The summed E-state index contributed by atoms with van der Waals surface area (Å²) in [5.74, 6) is 1.00.